The number of benzene rings is 1. The first-order chi connectivity index (χ1) is 9.95. The molecular formula is C15H21N3O3. The Morgan fingerprint density at radius 2 is 1.95 bits per heavy atom. The van der Waals surface area contributed by atoms with E-state index in [-0.39, 0.29) is 23.7 Å². The third kappa shape index (κ3) is 2.99. The lowest BCUT2D eigenvalue weighted by Gasteiger charge is -2.39. The Labute approximate surface area is 124 Å². The highest BCUT2D eigenvalue weighted by Crippen LogP contribution is 2.29. The molecule has 1 aliphatic heterocycles. The van der Waals surface area contributed by atoms with Gasteiger partial charge in [0.15, 0.2) is 0 Å². The standard InChI is InChI=1S/C15H21N3O3/c1-10-5-4-6-11(2)17(10)15(19)12-7-8-13(16-3)14(9-12)18(20)21/h7-11,16H,4-6H2,1-3H3. The van der Waals surface area contributed by atoms with Gasteiger partial charge < -0.3 is 10.2 Å². The van der Waals surface area contributed by atoms with Crippen LogP contribution in [0.15, 0.2) is 18.2 Å². The Hall–Kier alpha value is -2.11. The van der Waals surface area contributed by atoms with Crippen LogP contribution in [0.4, 0.5) is 11.4 Å². The number of nitrogens with zero attached hydrogens (tertiary/aromatic N) is 2. The van der Waals surface area contributed by atoms with Crippen molar-refractivity contribution in [1.29, 1.82) is 0 Å². The lowest BCUT2D eigenvalue weighted by atomic mass is 9.96. The van der Waals surface area contributed by atoms with E-state index in [1.165, 1.54) is 6.07 Å². The minimum atomic E-state index is -0.467. The van der Waals surface area contributed by atoms with E-state index in [0.717, 1.165) is 19.3 Å². The fourth-order valence-electron chi connectivity index (χ4n) is 3.00. The molecule has 0 aliphatic carbocycles. The van der Waals surface area contributed by atoms with Crippen molar-refractivity contribution < 1.29 is 9.72 Å². The van der Waals surface area contributed by atoms with Crippen LogP contribution in [-0.4, -0.2) is 34.9 Å². The highest BCUT2D eigenvalue weighted by atomic mass is 16.6. The summed E-state index contributed by atoms with van der Waals surface area (Å²) in [4.78, 5) is 25.2. The molecular weight excluding hydrogens is 270 g/mol. The third-order valence-corrected chi connectivity index (χ3v) is 4.14. The van der Waals surface area contributed by atoms with Crippen LogP contribution in [0.25, 0.3) is 0 Å². The fraction of sp³-hybridized carbons (Fsp3) is 0.533. The Kier molecular flexibility index (Phi) is 4.45. The Morgan fingerprint density at radius 1 is 1.33 bits per heavy atom. The van der Waals surface area contributed by atoms with E-state index in [9.17, 15) is 14.9 Å². The van der Waals surface area contributed by atoms with Crippen molar-refractivity contribution in [2.75, 3.05) is 12.4 Å². The molecule has 1 fully saturated rings. The summed E-state index contributed by atoms with van der Waals surface area (Å²) in [5.74, 6) is -0.125. The van der Waals surface area contributed by atoms with Crippen molar-refractivity contribution in [3.05, 3.63) is 33.9 Å². The first-order valence-electron chi connectivity index (χ1n) is 7.24. The molecule has 1 aromatic carbocycles. The van der Waals surface area contributed by atoms with Crippen LogP contribution in [0.3, 0.4) is 0 Å². The molecule has 0 spiro atoms. The molecule has 0 aromatic heterocycles. The van der Waals surface area contributed by atoms with Crippen molar-refractivity contribution in [3.63, 3.8) is 0 Å². The maximum absolute atomic E-state index is 12.7. The monoisotopic (exact) mass is 291 g/mol. The van der Waals surface area contributed by atoms with Crippen molar-refractivity contribution >= 4 is 17.3 Å². The summed E-state index contributed by atoms with van der Waals surface area (Å²) in [5, 5.41) is 13.9. The first kappa shape index (κ1) is 15.3. The van der Waals surface area contributed by atoms with Gasteiger partial charge in [0.2, 0.25) is 0 Å². The van der Waals surface area contributed by atoms with E-state index in [1.54, 1.807) is 19.2 Å². The normalized spacial score (nSPS) is 22.0. The lowest BCUT2D eigenvalue weighted by Crippen LogP contribution is -2.47. The lowest BCUT2D eigenvalue weighted by molar-refractivity contribution is -0.384. The molecule has 0 bridgehead atoms. The van der Waals surface area contributed by atoms with Gasteiger partial charge in [-0.2, -0.15) is 0 Å². The summed E-state index contributed by atoms with van der Waals surface area (Å²) >= 11 is 0. The zero-order valence-corrected chi connectivity index (χ0v) is 12.6. The number of rotatable bonds is 3. The van der Waals surface area contributed by atoms with Crippen LogP contribution in [0.5, 0.6) is 0 Å². The van der Waals surface area contributed by atoms with Gasteiger partial charge >= 0.3 is 0 Å². The largest absolute Gasteiger partial charge is 0.383 e. The van der Waals surface area contributed by atoms with E-state index < -0.39 is 4.92 Å². The number of nitro groups is 1. The molecule has 1 amide bonds. The third-order valence-electron chi connectivity index (χ3n) is 4.14. The molecule has 1 aromatic rings. The number of hydrogen-bond acceptors (Lipinski definition) is 4. The van der Waals surface area contributed by atoms with Gasteiger partial charge in [-0.25, -0.2) is 0 Å². The molecule has 2 rings (SSSR count). The van der Waals surface area contributed by atoms with Crippen LogP contribution in [0, 0.1) is 10.1 Å². The molecule has 1 heterocycles. The van der Waals surface area contributed by atoms with E-state index in [0.29, 0.717) is 11.3 Å². The summed E-state index contributed by atoms with van der Waals surface area (Å²) in [5.41, 5.74) is 0.721. The van der Waals surface area contributed by atoms with Gasteiger partial charge in [-0.15, -0.1) is 0 Å². The molecule has 1 N–H and O–H groups in total. The zero-order chi connectivity index (χ0) is 15.6. The molecule has 114 valence electrons. The molecule has 6 heteroatoms. The number of carbonyl (C=O) groups is 1. The Morgan fingerprint density at radius 3 is 2.48 bits per heavy atom. The second kappa shape index (κ2) is 6.11. The van der Waals surface area contributed by atoms with E-state index >= 15 is 0 Å². The predicted octanol–water partition coefficient (Wildman–Crippen LogP) is 3.04. The maximum Gasteiger partial charge on any atom is 0.293 e. The van der Waals surface area contributed by atoms with Crippen molar-refractivity contribution in [1.82, 2.24) is 4.90 Å². The maximum atomic E-state index is 12.7. The number of amides is 1. The molecule has 2 unspecified atom stereocenters. The smallest absolute Gasteiger partial charge is 0.293 e. The number of anilines is 1. The quantitative estimate of drug-likeness (QED) is 0.686. The number of likely N-dealkylation sites (tertiary alicyclic amines) is 1. The summed E-state index contributed by atoms with van der Waals surface area (Å²) < 4.78 is 0. The van der Waals surface area contributed by atoms with E-state index in [2.05, 4.69) is 5.32 Å². The topological polar surface area (TPSA) is 75.5 Å². The van der Waals surface area contributed by atoms with Gasteiger partial charge in [-0.1, -0.05) is 0 Å². The minimum absolute atomic E-state index is 0.0688. The summed E-state index contributed by atoms with van der Waals surface area (Å²) in [6.45, 7) is 4.06. The van der Waals surface area contributed by atoms with Crippen LogP contribution >= 0.6 is 0 Å². The summed E-state index contributed by atoms with van der Waals surface area (Å²) in [7, 11) is 1.62. The van der Waals surface area contributed by atoms with Gasteiger partial charge in [-0.05, 0) is 45.2 Å². The van der Waals surface area contributed by atoms with Crippen LogP contribution in [-0.2, 0) is 0 Å². The Bertz CT molecular complexity index is 549. The predicted molar refractivity (Wildman–Crippen MR) is 81.6 cm³/mol. The van der Waals surface area contributed by atoms with Crippen molar-refractivity contribution in [3.8, 4) is 0 Å². The average Bonchev–Trinajstić information content (AvgIpc) is 2.46. The molecule has 1 saturated heterocycles. The Balaban J connectivity index is 2.34. The second-order valence-electron chi connectivity index (χ2n) is 5.58. The second-order valence-corrected chi connectivity index (χ2v) is 5.58. The van der Waals surface area contributed by atoms with Crippen LogP contribution < -0.4 is 5.32 Å². The number of nitro benzene ring substituents is 1. The highest BCUT2D eigenvalue weighted by Gasteiger charge is 2.30. The molecule has 0 radical (unpaired) electrons. The van der Waals surface area contributed by atoms with Gasteiger partial charge in [0.1, 0.15) is 5.69 Å². The average molecular weight is 291 g/mol. The minimum Gasteiger partial charge on any atom is -0.383 e. The molecule has 1 aliphatic rings. The SMILES string of the molecule is CNc1ccc(C(=O)N2C(C)CCCC2C)cc1[N+](=O)[O-]. The fourth-order valence-corrected chi connectivity index (χ4v) is 3.00. The molecule has 2 atom stereocenters. The first-order valence-corrected chi connectivity index (χ1v) is 7.24. The summed E-state index contributed by atoms with van der Waals surface area (Å²) in [6, 6.07) is 4.94. The number of hydrogen-bond donors (Lipinski definition) is 1. The van der Waals surface area contributed by atoms with Crippen molar-refractivity contribution in [2.24, 2.45) is 0 Å². The van der Waals surface area contributed by atoms with Crippen molar-refractivity contribution in [2.45, 2.75) is 45.2 Å². The molecule has 21 heavy (non-hydrogen) atoms. The van der Waals surface area contributed by atoms with Gasteiger partial charge in [-0.3, -0.25) is 14.9 Å². The number of nitrogens with one attached hydrogen (secondary N) is 1. The number of carbonyl (C=O) groups excluding carboxylic acids is 1. The number of piperidine rings is 1. The van der Waals surface area contributed by atoms with E-state index in [1.807, 2.05) is 18.7 Å². The molecule has 6 nitrogen and oxygen atoms in total. The van der Waals surface area contributed by atoms with Gasteiger partial charge in [0.05, 0.1) is 4.92 Å². The van der Waals surface area contributed by atoms with Crippen LogP contribution in [0.1, 0.15) is 43.5 Å². The summed E-state index contributed by atoms with van der Waals surface area (Å²) in [6.07, 6.45) is 3.07. The zero-order valence-electron chi connectivity index (χ0n) is 12.6. The van der Waals surface area contributed by atoms with Gasteiger partial charge in [0.25, 0.3) is 11.6 Å². The highest BCUT2D eigenvalue weighted by molar-refractivity contribution is 5.96. The van der Waals surface area contributed by atoms with Gasteiger partial charge in [0, 0.05) is 30.8 Å². The van der Waals surface area contributed by atoms with E-state index in [4.69, 9.17) is 0 Å². The van der Waals surface area contributed by atoms with Crippen LogP contribution in [0.2, 0.25) is 0 Å². The molecule has 0 saturated carbocycles.